The number of halogens is 2. The molecular formula is C18H22Cl2HfSi2. The van der Waals surface area contributed by atoms with Crippen LogP contribution in [0.25, 0.3) is 10.8 Å². The van der Waals surface area contributed by atoms with E-state index in [4.69, 9.17) is 0 Å². The van der Waals surface area contributed by atoms with Gasteiger partial charge in [0.2, 0.25) is 0 Å². The number of hydrogen-bond donors (Lipinski definition) is 0. The standard InChI is InChI=1S/C13H17Si2.C5H5.2ClH.Hf/c1-14(2)12-9-10-7-5-6-8-11(10)13(12)15(14,3)4;1-2-4-5-3-1;;;/h5-9H,1-4H3;1-3H,4H2;2*1H;/q2*-1;;;+4/p-2. The Morgan fingerprint density at radius 2 is 1.70 bits per heavy atom. The number of fused-ring (bicyclic) bond motifs is 3. The minimum atomic E-state index is -1.07. The van der Waals surface area contributed by atoms with Crippen LogP contribution in [0.15, 0.2) is 48.6 Å². The van der Waals surface area contributed by atoms with E-state index < -0.39 is 15.2 Å². The third-order valence-electron chi connectivity index (χ3n) is 5.25. The second kappa shape index (κ2) is 8.53. The normalized spacial score (nSPS) is 17.6. The predicted octanol–water partition coefficient (Wildman–Crippen LogP) is -2.21. The smallest absolute Gasteiger partial charge is 1.00 e. The van der Waals surface area contributed by atoms with Crippen molar-refractivity contribution in [3.8, 4) is 0 Å². The summed E-state index contributed by atoms with van der Waals surface area (Å²) in [6, 6.07) is 11.4. The SMILES string of the molecule is C[Si]1(C)c2cc3ccccc3[c-]2[Si]1(C)C.[C-]1=CC=CC1.[Cl-].[Cl-].[Hf+4]. The summed E-state index contributed by atoms with van der Waals surface area (Å²) < 4.78 is 0. The maximum absolute atomic E-state index is 2.99. The number of benzene rings is 1. The van der Waals surface area contributed by atoms with Gasteiger partial charge in [-0.2, -0.15) is 12.1 Å². The summed E-state index contributed by atoms with van der Waals surface area (Å²) in [6.07, 6.45) is 10.0. The Bertz CT molecular complexity index is 705. The molecule has 1 heterocycles. The molecule has 0 atom stereocenters. The van der Waals surface area contributed by atoms with Gasteiger partial charge in [0.15, 0.2) is 0 Å². The fourth-order valence-corrected chi connectivity index (χ4v) is 13.8. The molecule has 0 amide bonds. The van der Waals surface area contributed by atoms with Crippen molar-refractivity contribution in [2.45, 2.75) is 32.6 Å². The van der Waals surface area contributed by atoms with Crippen LogP contribution in [-0.4, -0.2) is 15.2 Å². The molecule has 4 rings (SSSR count). The molecule has 0 spiro atoms. The molecule has 0 nitrogen and oxygen atoms in total. The van der Waals surface area contributed by atoms with Gasteiger partial charge >= 0.3 is 25.8 Å². The first-order chi connectivity index (χ1) is 9.46. The van der Waals surface area contributed by atoms with Crippen LogP contribution >= 0.6 is 0 Å². The Hall–Kier alpha value is 0.194. The minimum absolute atomic E-state index is 0. The van der Waals surface area contributed by atoms with Gasteiger partial charge in [-0.3, -0.25) is 6.08 Å². The van der Waals surface area contributed by atoms with Gasteiger partial charge in [0, 0.05) is 15.2 Å². The molecule has 2 aromatic rings. The second-order valence-corrected chi connectivity index (χ2v) is 21.8. The monoisotopic (exact) mass is 544 g/mol. The first-order valence-corrected chi connectivity index (χ1v) is 14.4. The fraction of sp³-hybridized carbons (Fsp3) is 0.278. The summed E-state index contributed by atoms with van der Waals surface area (Å²) in [5.74, 6) is 0. The molecule has 2 aliphatic rings. The Balaban J connectivity index is 0.000000529. The molecule has 2 aromatic carbocycles. The van der Waals surface area contributed by atoms with Crippen LogP contribution in [0.5, 0.6) is 0 Å². The van der Waals surface area contributed by atoms with E-state index >= 15 is 0 Å². The van der Waals surface area contributed by atoms with E-state index in [0.717, 1.165) is 6.42 Å². The molecule has 0 N–H and O–H groups in total. The van der Waals surface area contributed by atoms with E-state index in [1.807, 2.05) is 12.2 Å². The van der Waals surface area contributed by atoms with E-state index in [1.165, 1.54) is 5.39 Å². The Labute approximate surface area is 173 Å². The quantitative estimate of drug-likeness (QED) is 0.261. The maximum atomic E-state index is 2.99. The van der Waals surface area contributed by atoms with Crippen LogP contribution in [0, 0.1) is 6.08 Å². The van der Waals surface area contributed by atoms with E-state index in [0.29, 0.717) is 0 Å². The van der Waals surface area contributed by atoms with Crippen molar-refractivity contribution in [2.75, 3.05) is 0 Å². The minimum Gasteiger partial charge on any atom is -1.00 e. The number of rotatable bonds is 0. The zero-order chi connectivity index (χ0) is 14.4. The van der Waals surface area contributed by atoms with Gasteiger partial charge < -0.3 is 24.8 Å². The second-order valence-electron chi connectivity index (χ2n) is 6.77. The van der Waals surface area contributed by atoms with Crippen LogP contribution in [0.4, 0.5) is 0 Å². The van der Waals surface area contributed by atoms with Gasteiger partial charge in [-0.05, 0) is 0 Å². The third kappa shape index (κ3) is 3.74. The summed E-state index contributed by atoms with van der Waals surface area (Å²) in [4.78, 5) is 0. The molecule has 5 heteroatoms. The summed E-state index contributed by atoms with van der Waals surface area (Å²) in [5.41, 5.74) is 0. The Morgan fingerprint density at radius 3 is 2.22 bits per heavy atom. The first kappa shape index (κ1) is 23.2. The summed E-state index contributed by atoms with van der Waals surface area (Å²) in [7, 11) is -2.12. The van der Waals surface area contributed by atoms with E-state index in [1.54, 1.807) is 15.8 Å². The van der Waals surface area contributed by atoms with Crippen molar-refractivity contribution in [3.63, 3.8) is 0 Å². The summed E-state index contributed by atoms with van der Waals surface area (Å²) >= 11 is 0. The van der Waals surface area contributed by atoms with Gasteiger partial charge in [-0.15, -0.1) is 45.8 Å². The van der Waals surface area contributed by atoms with E-state index in [2.05, 4.69) is 68.7 Å². The zero-order valence-corrected chi connectivity index (χ0v) is 21.2. The predicted molar refractivity (Wildman–Crippen MR) is 95.3 cm³/mol. The molecule has 1 aliphatic heterocycles. The van der Waals surface area contributed by atoms with Crippen LogP contribution in [0.1, 0.15) is 6.42 Å². The summed E-state index contributed by atoms with van der Waals surface area (Å²) in [5, 5.41) is 6.55. The zero-order valence-electron chi connectivity index (χ0n) is 14.1. The van der Waals surface area contributed by atoms with Gasteiger partial charge in [0.25, 0.3) is 0 Å². The molecule has 1 aliphatic carbocycles. The molecule has 0 fully saturated rings. The molecule has 0 radical (unpaired) electrons. The number of allylic oxidation sites excluding steroid dienone is 4. The molecule has 0 aromatic heterocycles. The van der Waals surface area contributed by atoms with Gasteiger partial charge in [-0.1, -0.05) is 32.3 Å². The third-order valence-corrected chi connectivity index (χ3v) is 23.1. The van der Waals surface area contributed by atoms with Crippen molar-refractivity contribution in [1.29, 1.82) is 0 Å². The first-order valence-electron chi connectivity index (χ1n) is 7.37. The average molecular weight is 544 g/mol. The Kier molecular flexibility index (Phi) is 8.60. The fourth-order valence-electron chi connectivity index (χ4n) is 3.32. The molecule has 120 valence electrons. The molecule has 0 bridgehead atoms. The molecule has 0 saturated carbocycles. The molecule has 0 unspecified atom stereocenters. The Morgan fingerprint density at radius 1 is 1.04 bits per heavy atom. The maximum Gasteiger partial charge on any atom is 4.00 e. The van der Waals surface area contributed by atoms with E-state index in [-0.39, 0.29) is 50.7 Å². The van der Waals surface area contributed by atoms with Crippen LogP contribution < -0.4 is 35.2 Å². The van der Waals surface area contributed by atoms with Crippen molar-refractivity contribution in [2.24, 2.45) is 0 Å². The summed E-state index contributed by atoms with van der Waals surface area (Å²) in [6.45, 7) is 10.2. The van der Waals surface area contributed by atoms with Crippen LogP contribution in [-0.2, 0) is 25.8 Å². The largest absolute Gasteiger partial charge is 4.00 e. The van der Waals surface area contributed by atoms with Gasteiger partial charge in [0.1, 0.15) is 0 Å². The molecule has 0 saturated heterocycles. The van der Waals surface area contributed by atoms with Gasteiger partial charge in [0.05, 0.1) is 0 Å². The topological polar surface area (TPSA) is 0 Å². The van der Waals surface area contributed by atoms with Crippen molar-refractivity contribution >= 4 is 36.3 Å². The van der Waals surface area contributed by atoms with Crippen LogP contribution in [0.3, 0.4) is 0 Å². The van der Waals surface area contributed by atoms with Gasteiger partial charge in [-0.25, -0.2) is 12.2 Å². The van der Waals surface area contributed by atoms with Crippen LogP contribution in [0.2, 0.25) is 26.2 Å². The average Bonchev–Trinajstić information content (AvgIpc) is 3.09. The van der Waals surface area contributed by atoms with Crippen molar-refractivity contribution in [3.05, 3.63) is 54.6 Å². The molecular weight excluding hydrogens is 522 g/mol. The van der Waals surface area contributed by atoms with Crippen molar-refractivity contribution < 1.29 is 50.7 Å². The van der Waals surface area contributed by atoms with Crippen molar-refractivity contribution in [1.82, 2.24) is 0 Å². The number of hydrogen-bond acceptors (Lipinski definition) is 0. The van der Waals surface area contributed by atoms with E-state index in [9.17, 15) is 0 Å². The molecule has 23 heavy (non-hydrogen) atoms.